The van der Waals surface area contributed by atoms with E-state index in [4.69, 9.17) is 0 Å². The molecule has 1 saturated heterocycles. The number of nitrogens with zero attached hydrogens (tertiary/aromatic N) is 2. The molecule has 118 valence electrons. The van der Waals surface area contributed by atoms with Gasteiger partial charge in [0.2, 0.25) is 11.0 Å². The summed E-state index contributed by atoms with van der Waals surface area (Å²) >= 11 is 1.40. The molecule has 1 amide bonds. The minimum Gasteiger partial charge on any atom is -0.301 e. The first kappa shape index (κ1) is 16.4. The number of nitrogens with one attached hydrogen (secondary N) is 1. The molecule has 0 bridgehead atoms. The van der Waals surface area contributed by atoms with Crippen LogP contribution in [0.5, 0.6) is 0 Å². The molecule has 1 atom stereocenters. The predicted octanol–water partition coefficient (Wildman–Crippen LogP) is 2.03. The summed E-state index contributed by atoms with van der Waals surface area (Å²) < 4.78 is 22.7. The van der Waals surface area contributed by atoms with E-state index in [0.717, 1.165) is 30.7 Å². The zero-order chi connectivity index (χ0) is 15.3. The number of amides is 1. The monoisotopic (exact) mass is 331 g/mol. The summed E-state index contributed by atoms with van der Waals surface area (Å²) in [6.45, 7) is 2.15. The van der Waals surface area contributed by atoms with Crippen molar-refractivity contribution in [2.24, 2.45) is 5.92 Å². The van der Waals surface area contributed by atoms with Crippen LogP contribution in [0.4, 0.5) is 5.13 Å². The maximum absolute atomic E-state index is 11.9. The fourth-order valence-electron chi connectivity index (χ4n) is 2.40. The van der Waals surface area contributed by atoms with E-state index in [1.54, 1.807) is 0 Å². The molecule has 2 heterocycles. The Bertz CT molecular complexity index is 583. The number of unbranched alkanes of at least 4 members (excludes halogenated alkanes) is 2. The Hall–Kier alpha value is -1.02. The maximum atomic E-state index is 11.9. The second-order valence-corrected chi connectivity index (χ2v) is 8.77. The van der Waals surface area contributed by atoms with Gasteiger partial charge in [0, 0.05) is 12.8 Å². The van der Waals surface area contributed by atoms with Gasteiger partial charge in [0.25, 0.3) is 0 Å². The summed E-state index contributed by atoms with van der Waals surface area (Å²) in [7, 11) is -2.93. The number of hydrogen-bond donors (Lipinski definition) is 1. The Morgan fingerprint density at radius 2 is 2.19 bits per heavy atom. The second kappa shape index (κ2) is 7.31. The summed E-state index contributed by atoms with van der Waals surface area (Å²) in [5, 5.41) is 12.2. The van der Waals surface area contributed by atoms with Crippen molar-refractivity contribution < 1.29 is 13.2 Å². The van der Waals surface area contributed by atoms with Gasteiger partial charge in [0.15, 0.2) is 9.84 Å². The minimum absolute atomic E-state index is 0.0630. The summed E-state index contributed by atoms with van der Waals surface area (Å²) in [5.41, 5.74) is 0. The Balaban J connectivity index is 1.77. The highest BCUT2D eigenvalue weighted by molar-refractivity contribution is 7.91. The lowest BCUT2D eigenvalue weighted by Crippen LogP contribution is -2.17. The quantitative estimate of drug-likeness (QED) is 0.772. The minimum atomic E-state index is -2.93. The molecule has 1 aromatic heterocycles. The van der Waals surface area contributed by atoms with E-state index >= 15 is 0 Å². The third-order valence-electron chi connectivity index (χ3n) is 3.51. The normalized spacial score (nSPS) is 20.5. The van der Waals surface area contributed by atoms with Crippen molar-refractivity contribution in [3.05, 3.63) is 5.01 Å². The van der Waals surface area contributed by atoms with Crippen molar-refractivity contribution in [3.63, 3.8) is 0 Å². The number of anilines is 1. The Morgan fingerprint density at radius 3 is 2.86 bits per heavy atom. The molecule has 0 aromatic carbocycles. The highest BCUT2D eigenvalue weighted by Crippen LogP contribution is 2.23. The summed E-state index contributed by atoms with van der Waals surface area (Å²) in [4.78, 5) is 11.9. The number of aromatic nitrogens is 2. The van der Waals surface area contributed by atoms with Gasteiger partial charge in [-0.15, -0.1) is 10.2 Å². The van der Waals surface area contributed by atoms with E-state index in [1.165, 1.54) is 11.3 Å². The second-order valence-electron chi connectivity index (χ2n) is 5.48. The molecule has 0 saturated carbocycles. The molecule has 6 nitrogen and oxygen atoms in total. The van der Waals surface area contributed by atoms with Gasteiger partial charge < -0.3 is 5.32 Å². The zero-order valence-electron chi connectivity index (χ0n) is 12.2. The topological polar surface area (TPSA) is 89.0 Å². The molecule has 0 spiro atoms. The van der Waals surface area contributed by atoms with Crippen molar-refractivity contribution in [2.75, 3.05) is 16.8 Å². The highest BCUT2D eigenvalue weighted by atomic mass is 32.2. The molecule has 2 rings (SSSR count). The van der Waals surface area contributed by atoms with E-state index in [2.05, 4.69) is 22.4 Å². The van der Waals surface area contributed by atoms with Crippen LogP contribution in [0, 0.1) is 5.92 Å². The molecule has 0 aliphatic carbocycles. The molecular weight excluding hydrogens is 310 g/mol. The van der Waals surface area contributed by atoms with E-state index in [9.17, 15) is 13.2 Å². The van der Waals surface area contributed by atoms with Crippen LogP contribution in [-0.4, -0.2) is 36.0 Å². The smallest absolute Gasteiger partial charge is 0.226 e. The van der Waals surface area contributed by atoms with Gasteiger partial charge in [0.05, 0.1) is 11.5 Å². The van der Waals surface area contributed by atoms with Gasteiger partial charge >= 0.3 is 0 Å². The molecule has 8 heteroatoms. The Morgan fingerprint density at radius 1 is 1.38 bits per heavy atom. The number of carbonyl (C=O) groups excluding carboxylic acids is 1. The van der Waals surface area contributed by atoms with Gasteiger partial charge in [-0.05, 0) is 18.8 Å². The first-order chi connectivity index (χ1) is 9.98. The van der Waals surface area contributed by atoms with Crippen LogP contribution in [0.3, 0.4) is 0 Å². The third kappa shape index (κ3) is 5.35. The van der Waals surface area contributed by atoms with Crippen LogP contribution in [0.25, 0.3) is 0 Å². The average Bonchev–Trinajstić information content (AvgIpc) is 2.96. The van der Waals surface area contributed by atoms with Crippen LogP contribution >= 0.6 is 11.3 Å². The lowest BCUT2D eigenvalue weighted by atomic mass is 10.1. The largest absolute Gasteiger partial charge is 0.301 e. The Labute approximate surface area is 129 Å². The molecule has 1 aliphatic heterocycles. The highest BCUT2D eigenvalue weighted by Gasteiger charge is 2.29. The van der Waals surface area contributed by atoms with Crippen LogP contribution in [0.2, 0.25) is 0 Å². The first-order valence-corrected chi connectivity index (χ1v) is 9.95. The molecular formula is C13H21N3O3S2. The summed E-state index contributed by atoms with van der Waals surface area (Å²) in [6, 6.07) is 0. The SMILES string of the molecule is CCCCCc1nnc(NC(=O)C[C@@H]2CCS(=O)(=O)C2)s1. The lowest BCUT2D eigenvalue weighted by molar-refractivity contribution is -0.116. The standard InChI is InChI=1S/C13H21N3O3S2/c1-2-3-4-5-12-15-16-13(20-12)14-11(17)8-10-6-7-21(18,19)9-10/h10H,2-9H2,1H3,(H,14,16,17)/t10-/m0/s1. The maximum Gasteiger partial charge on any atom is 0.226 e. The molecule has 21 heavy (non-hydrogen) atoms. The number of hydrogen-bond acceptors (Lipinski definition) is 6. The van der Waals surface area contributed by atoms with Crippen LogP contribution < -0.4 is 5.32 Å². The molecule has 1 N–H and O–H groups in total. The molecule has 1 aliphatic rings. The summed E-state index contributed by atoms with van der Waals surface area (Å²) in [6.07, 6.45) is 5.11. The van der Waals surface area contributed by atoms with Crippen molar-refractivity contribution >= 4 is 32.2 Å². The van der Waals surface area contributed by atoms with E-state index in [0.29, 0.717) is 11.6 Å². The first-order valence-electron chi connectivity index (χ1n) is 7.31. The van der Waals surface area contributed by atoms with Crippen molar-refractivity contribution in [2.45, 2.75) is 45.4 Å². The number of rotatable bonds is 7. The lowest BCUT2D eigenvalue weighted by Gasteiger charge is -2.05. The predicted molar refractivity (Wildman–Crippen MR) is 83.1 cm³/mol. The molecule has 1 aromatic rings. The number of carbonyl (C=O) groups is 1. The Kier molecular flexibility index (Phi) is 5.69. The average molecular weight is 331 g/mol. The summed E-state index contributed by atoms with van der Waals surface area (Å²) in [5.74, 6) is 0.0877. The van der Waals surface area contributed by atoms with Crippen LogP contribution in [-0.2, 0) is 21.1 Å². The van der Waals surface area contributed by atoms with Crippen LogP contribution in [0.1, 0.15) is 44.0 Å². The zero-order valence-corrected chi connectivity index (χ0v) is 13.8. The van der Waals surface area contributed by atoms with Crippen molar-refractivity contribution in [1.29, 1.82) is 0 Å². The van der Waals surface area contributed by atoms with Crippen molar-refractivity contribution in [1.82, 2.24) is 10.2 Å². The van der Waals surface area contributed by atoms with Gasteiger partial charge in [0.1, 0.15) is 5.01 Å². The fourth-order valence-corrected chi connectivity index (χ4v) is 5.06. The van der Waals surface area contributed by atoms with E-state index in [1.807, 2.05) is 0 Å². The van der Waals surface area contributed by atoms with Gasteiger partial charge in [-0.3, -0.25) is 4.79 Å². The molecule has 1 fully saturated rings. The van der Waals surface area contributed by atoms with Crippen LogP contribution in [0.15, 0.2) is 0 Å². The van der Waals surface area contributed by atoms with E-state index in [-0.39, 0.29) is 29.8 Å². The number of sulfone groups is 1. The van der Waals surface area contributed by atoms with Gasteiger partial charge in [-0.2, -0.15) is 0 Å². The van der Waals surface area contributed by atoms with Crippen molar-refractivity contribution in [3.8, 4) is 0 Å². The van der Waals surface area contributed by atoms with Gasteiger partial charge in [-0.25, -0.2) is 8.42 Å². The fraction of sp³-hybridized carbons (Fsp3) is 0.769. The molecule has 0 unspecified atom stereocenters. The molecule has 0 radical (unpaired) electrons. The number of aryl methyl sites for hydroxylation is 1. The third-order valence-corrected chi connectivity index (χ3v) is 6.24. The van der Waals surface area contributed by atoms with Gasteiger partial charge in [-0.1, -0.05) is 31.1 Å². The van der Waals surface area contributed by atoms with E-state index < -0.39 is 9.84 Å².